The van der Waals surface area contributed by atoms with Crippen molar-refractivity contribution in [2.75, 3.05) is 55.5 Å². The molecule has 0 spiro atoms. The largest absolute Gasteiger partial charge is 0.495 e. The highest BCUT2D eigenvalue weighted by Gasteiger charge is 2.41. The first-order chi connectivity index (χ1) is 27.0. The Hall–Kier alpha value is -4.66. The quantitative estimate of drug-likeness (QED) is 0.193. The lowest BCUT2D eigenvalue weighted by atomic mass is 10.0. The van der Waals surface area contributed by atoms with E-state index in [1.807, 2.05) is 20.8 Å². The number of rotatable bonds is 15. The molecule has 2 atom stereocenters. The first kappa shape index (κ1) is 41.0. The number of ether oxygens (including phenoxy) is 3. The van der Waals surface area contributed by atoms with Gasteiger partial charge in [0.25, 0.3) is 5.91 Å². The number of amides is 3. The molecule has 2 aliphatic carbocycles. The molecule has 56 heavy (non-hydrogen) atoms. The molecular formula is C41H60N8O7. The minimum absolute atomic E-state index is 0.00176. The number of carbonyl (C=O) groups is 4. The number of benzene rings is 1. The molecule has 1 aromatic carbocycles. The molecule has 2 aromatic rings. The number of methoxy groups -OCH3 is 1. The van der Waals surface area contributed by atoms with E-state index in [0.717, 1.165) is 83.1 Å². The van der Waals surface area contributed by atoms with Gasteiger partial charge in [0.15, 0.2) is 5.82 Å². The number of carbonyl (C=O) groups excluding carboxylic acids is 4. The number of nitrogens with zero attached hydrogens (tertiary/aromatic N) is 5. The Balaban J connectivity index is 0.976. The second-order valence-corrected chi connectivity index (χ2v) is 16.0. The highest BCUT2D eigenvalue weighted by atomic mass is 16.6. The number of anilines is 4. The zero-order valence-electron chi connectivity index (χ0n) is 33.7. The standard InChI is InChI=1S/C41H60N8O7/c1-6-33-38(51)47(4)34-25-42-40(46-36(34)49(33)29-11-7-8-12-29)44-31-16-15-27(24-35(31)54-5)37(50)43-28-17-19-48(20-18-28)21-22-55-41(53)45-32(23-26(2)3)39(52)56-30-13-9-10-14-30/h15-16,24-26,28-30,32-33H,6-14,17-23H2,1-5H3,(H,43,50)(H,45,53)(H,42,44,46)/t32-,33+/m0/s1. The van der Waals surface area contributed by atoms with Gasteiger partial charge in [-0.15, -0.1) is 0 Å². The van der Waals surface area contributed by atoms with Crippen molar-refractivity contribution < 1.29 is 33.4 Å². The molecule has 0 unspecified atom stereocenters. The summed E-state index contributed by atoms with van der Waals surface area (Å²) < 4.78 is 16.8. The highest BCUT2D eigenvalue weighted by molar-refractivity contribution is 6.04. The van der Waals surface area contributed by atoms with Gasteiger partial charge in [-0.1, -0.05) is 33.6 Å². The molecule has 306 valence electrons. The molecule has 1 saturated heterocycles. The van der Waals surface area contributed by atoms with E-state index in [0.29, 0.717) is 48.0 Å². The van der Waals surface area contributed by atoms with Gasteiger partial charge in [0.05, 0.1) is 19.0 Å². The number of fused-ring (bicyclic) bond motifs is 1. The summed E-state index contributed by atoms with van der Waals surface area (Å²) in [6.45, 7) is 8.29. The number of piperidine rings is 1. The van der Waals surface area contributed by atoms with Crippen molar-refractivity contribution >= 4 is 47.0 Å². The molecule has 4 aliphatic rings. The number of alkyl carbamates (subject to hydrolysis) is 1. The molecule has 3 amide bonds. The van der Waals surface area contributed by atoms with Crippen LogP contribution in [0.25, 0.3) is 0 Å². The highest BCUT2D eigenvalue weighted by Crippen LogP contribution is 2.40. The Labute approximate surface area is 330 Å². The van der Waals surface area contributed by atoms with Gasteiger partial charge < -0.3 is 40.0 Å². The topological polar surface area (TPSA) is 168 Å². The third-order valence-electron chi connectivity index (χ3n) is 11.6. The molecule has 6 rings (SSSR count). The fraction of sp³-hybridized carbons (Fsp3) is 0.659. The normalized spacial score (nSPS) is 20.2. The number of esters is 1. The Morgan fingerprint density at radius 2 is 1.71 bits per heavy atom. The average Bonchev–Trinajstić information content (AvgIpc) is 3.92. The van der Waals surface area contributed by atoms with Gasteiger partial charge in [-0.25, -0.2) is 14.6 Å². The molecule has 2 aliphatic heterocycles. The van der Waals surface area contributed by atoms with Crippen molar-refractivity contribution in [3.05, 3.63) is 30.0 Å². The summed E-state index contributed by atoms with van der Waals surface area (Å²) in [6, 6.07) is 4.52. The predicted octanol–water partition coefficient (Wildman–Crippen LogP) is 5.55. The molecule has 15 heteroatoms. The summed E-state index contributed by atoms with van der Waals surface area (Å²) in [5.74, 6) is 1.31. The number of likely N-dealkylation sites (tertiary alicyclic amines) is 1. The van der Waals surface area contributed by atoms with Gasteiger partial charge in [-0.3, -0.25) is 14.5 Å². The van der Waals surface area contributed by atoms with Crippen LogP contribution in [-0.4, -0.2) is 109 Å². The van der Waals surface area contributed by atoms with Gasteiger partial charge >= 0.3 is 12.1 Å². The number of hydrogen-bond acceptors (Lipinski definition) is 12. The van der Waals surface area contributed by atoms with Crippen molar-refractivity contribution in [2.45, 2.75) is 128 Å². The van der Waals surface area contributed by atoms with Crippen molar-refractivity contribution in [1.29, 1.82) is 0 Å². The SMILES string of the molecule is CC[C@@H]1C(=O)N(C)c2cnc(Nc3ccc(C(=O)NC4CCN(CCOC(=O)N[C@@H](CC(C)C)C(=O)OC5CCCC5)CC4)cc3OC)nc2N1C1CCCC1. The Bertz CT molecular complexity index is 1690. The predicted molar refractivity (Wildman–Crippen MR) is 214 cm³/mol. The van der Waals surface area contributed by atoms with E-state index in [1.165, 1.54) is 0 Å². The van der Waals surface area contributed by atoms with E-state index in [9.17, 15) is 19.2 Å². The lowest BCUT2D eigenvalue weighted by Crippen LogP contribution is -2.55. The maximum Gasteiger partial charge on any atom is 0.407 e. The van der Waals surface area contributed by atoms with E-state index in [1.54, 1.807) is 43.5 Å². The molecule has 0 bridgehead atoms. The van der Waals surface area contributed by atoms with Gasteiger partial charge in [0.2, 0.25) is 11.9 Å². The molecule has 3 fully saturated rings. The van der Waals surface area contributed by atoms with Crippen molar-refractivity contribution in [2.24, 2.45) is 5.92 Å². The third-order valence-corrected chi connectivity index (χ3v) is 11.6. The minimum Gasteiger partial charge on any atom is -0.495 e. The molecule has 2 saturated carbocycles. The molecule has 3 N–H and O–H groups in total. The van der Waals surface area contributed by atoms with Crippen LogP contribution in [0.1, 0.15) is 108 Å². The maximum atomic E-state index is 13.4. The van der Waals surface area contributed by atoms with Crippen molar-refractivity contribution in [3.8, 4) is 5.75 Å². The number of aromatic nitrogens is 2. The number of nitrogens with one attached hydrogen (secondary N) is 3. The van der Waals surface area contributed by atoms with E-state index < -0.39 is 12.1 Å². The van der Waals surface area contributed by atoms with Crippen LogP contribution < -0.4 is 30.5 Å². The second kappa shape index (κ2) is 19.0. The van der Waals surface area contributed by atoms with Crippen molar-refractivity contribution in [3.63, 3.8) is 0 Å². The summed E-state index contributed by atoms with van der Waals surface area (Å²) in [7, 11) is 3.34. The molecular weight excluding hydrogens is 716 g/mol. The molecule has 3 heterocycles. The van der Waals surface area contributed by atoms with Gasteiger partial charge in [-0.2, -0.15) is 4.98 Å². The summed E-state index contributed by atoms with van der Waals surface area (Å²) >= 11 is 0. The van der Waals surface area contributed by atoms with Crippen LogP contribution in [0.3, 0.4) is 0 Å². The third kappa shape index (κ3) is 10.0. The lowest BCUT2D eigenvalue weighted by Gasteiger charge is -2.43. The maximum absolute atomic E-state index is 13.4. The van der Waals surface area contributed by atoms with Gasteiger partial charge in [0, 0.05) is 44.3 Å². The van der Waals surface area contributed by atoms with Crippen LogP contribution in [0.4, 0.5) is 27.9 Å². The van der Waals surface area contributed by atoms with Crippen LogP contribution in [-0.2, 0) is 19.1 Å². The van der Waals surface area contributed by atoms with E-state index in [4.69, 9.17) is 19.2 Å². The summed E-state index contributed by atoms with van der Waals surface area (Å²) in [5, 5.41) is 9.17. The first-order valence-electron chi connectivity index (χ1n) is 20.6. The number of hydrogen-bond donors (Lipinski definition) is 3. The fourth-order valence-corrected chi connectivity index (χ4v) is 8.46. The van der Waals surface area contributed by atoms with Crippen LogP contribution in [0, 0.1) is 5.92 Å². The van der Waals surface area contributed by atoms with E-state index in [2.05, 4.69) is 30.7 Å². The van der Waals surface area contributed by atoms with Crippen LogP contribution in [0.15, 0.2) is 24.4 Å². The summed E-state index contributed by atoms with van der Waals surface area (Å²) in [6.07, 6.45) is 11.9. The lowest BCUT2D eigenvalue weighted by molar-refractivity contribution is -0.151. The molecule has 15 nitrogen and oxygen atoms in total. The van der Waals surface area contributed by atoms with Crippen molar-refractivity contribution in [1.82, 2.24) is 25.5 Å². The Morgan fingerprint density at radius 1 is 1.00 bits per heavy atom. The minimum atomic E-state index is -0.726. The smallest absolute Gasteiger partial charge is 0.407 e. The van der Waals surface area contributed by atoms with E-state index in [-0.39, 0.29) is 54.5 Å². The van der Waals surface area contributed by atoms with E-state index >= 15 is 0 Å². The fourth-order valence-electron chi connectivity index (χ4n) is 8.46. The molecule has 1 aromatic heterocycles. The van der Waals surface area contributed by atoms with Gasteiger partial charge in [-0.05, 0) is 88.3 Å². The Kier molecular flexibility index (Phi) is 13.9. The second-order valence-electron chi connectivity index (χ2n) is 16.0. The average molecular weight is 777 g/mol. The zero-order valence-corrected chi connectivity index (χ0v) is 33.7. The van der Waals surface area contributed by atoms with Gasteiger partial charge in [0.1, 0.15) is 36.2 Å². The number of likely N-dealkylation sites (N-methyl/N-ethyl adjacent to an activating group) is 1. The summed E-state index contributed by atoms with van der Waals surface area (Å²) in [4.78, 5) is 67.5. The van der Waals surface area contributed by atoms with Crippen LogP contribution in [0.2, 0.25) is 0 Å². The Morgan fingerprint density at radius 3 is 2.39 bits per heavy atom. The van der Waals surface area contributed by atoms with Crippen LogP contribution in [0.5, 0.6) is 5.75 Å². The first-order valence-corrected chi connectivity index (χ1v) is 20.6. The zero-order chi connectivity index (χ0) is 39.8. The molecule has 0 radical (unpaired) electrons. The summed E-state index contributed by atoms with van der Waals surface area (Å²) in [5.41, 5.74) is 1.79. The van der Waals surface area contributed by atoms with Crippen LogP contribution >= 0.6 is 0 Å². The monoisotopic (exact) mass is 776 g/mol.